The second-order valence-corrected chi connectivity index (χ2v) is 9.84. The minimum absolute atomic E-state index is 0.00860. The number of aromatic nitrogens is 3. The number of nitrogens with zero attached hydrogens (tertiary/aromatic N) is 3. The largest absolute Gasteiger partial charge is 0.485 e. The topological polar surface area (TPSA) is 75.6 Å². The van der Waals surface area contributed by atoms with Crippen LogP contribution in [0.1, 0.15) is 43.7 Å². The lowest BCUT2D eigenvalue weighted by atomic mass is 9.99. The lowest BCUT2D eigenvalue weighted by Gasteiger charge is -2.08. The summed E-state index contributed by atoms with van der Waals surface area (Å²) in [6.45, 7) is 3.14. The molecule has 8 heteroatoms. The molecular formula is C26H27ClN4O2S. The molecule has 0 saturated heterocycles. The van der Waals surface area contributed by atoms with E-state index < -0.39 is 0 Å². The van der Waals surface area contributed by atoms with Gasteiger partial charge in [-0.15, -0.1) is 5.10 Å². The molecule has 2 N–H and O–H groups in total. The van der Waals surface area contributed by atoms with E-state index in [1.807, 2.05) is 24.3 Å². The van der Waals surface area contributed by atoms with E-state index in [1.54, 1.807) is 10.7 Å². The molecule has 5 aromatic rings. The lowest BCUT2D eigenvalue weighted by molar-refractivity contribution is 0.462. The Hall–Kier alpha value is -3.03. The first kappa shape index (κ1) is 22.7. The van der Waals surface area contributed by atoms with Crippen molar-refractivity contribution >= 4 is 44.6 Å². The number of halogens is 1. The van der Waals surface area contributed by atoms with Crippen LogP contribution in [0.15, 0.2) is 53.1 Å². The molecular weight excluding hydrogens is 468 g/mol. The summed E-state index contributed by atoms with van der Waals surface area (Å²) in [6, 6.07) is 14.4. The fraction of sp³-hybridized carbons (Fsp3) is 0.308. The molecule has 34 heavy (non-hydrogen) atoms. The van der Waals surface area contributed by atoms with Crippen LogP contribution in [-0.2, 0) is 12.8 Å². The van der Waals surface area contributed by atoms with Gasteiger partial charge < -0.3 is 14.8 Å². The summed E-state index contributed by atoms with van der Waals surface area (Å²) in [5, 5.41) is 18.9. The number of anilines is 1. The predicted octanol–water partition coefficient (Wildman–Crippen LogP) is 7.34. The molecule has 0 aliphatic rings. The van der Waals surface area contributed by atoms with E-state index in [4.69, 9.17) is 16.0 Å². The van der Waals surface area contributed by atoms with Gasteiger partial charge in [-0.1, -0.05) is 37.4 Å². The van der Waals surface area contributed by atoms with Gasteiger partial charge in [-0.3, -0.25) is 0 Å². The molecule has 3 aromatic heterocycles. The summed E-state index contributed by atoms with van der Waals surface area (Å²) in [4.78, 5) is 5.20. The molecule has 0 radical (unpaired) electrons. The van der Waals surface area contributed by atoms with Gasteiger partial charge in [0.15, 0.2) is 5.76 Å². The fourth-order valence-electron chi connectivity index (χ4n) is 4.21. The molecule has 0 unspecified atom stereocenters. The normalized spacial score (nSPS) is 11.6. The lowest BCUT2D eigenvalue weighted by Crippen LogP contribution is -2.01. The van der Waals surface area contributed by atoms with Crippen LogP contribution >= 0.6 is 22.9 Å². The SMILES string of the molecule is CCc1cc(CCCCCCNc2ccc(Cl)cc2)c2cc(-c3cn4nc(O)sc4n3)oc2c1. The number of aromatic hydroxyl groups is 1. The molecule has 0 bridgehead atoms. The van der Waals surface area contributed by atoms with E-state index in [1.165, 1.54) is 24.0 Å². The van der Waals surface area contributed by atoms with Crippen LogP contribution in [-0.4, -0.2) is 26.2 Å². The third kappa shape index (κ3) is 5.05. The van der Waals surface area contributed by atoms with Crippen molar-refractivity contribution in [3.05, 3.63) is 64.8 Å². The van der Waals surface area contributed by atoms with Crippen molar-refractivity contribution in [1.29, 1.82) is 0 Å². The molecule has 0 fully saturated rings. The van der Waals surface area contributed by atoms with Crippen molar-refractivity contribution in [3.63, 3.8) is 0 Å². The zero-order valence-electron chi connectivity index (χ0n) is 19.1. The van der Waals surface area contributed by atoms with Crippen LogP contribution in [0.3, 0.4) is 0 Å². The fourth-order valence-corrected chi connectivity index (χ4v) is 4.96. The van der Waals surface area contributed by atoms with E-state index in [0.717, 1.165) is 76.7 Å². The van der Waals surface area contributed by atoms with Crippen molar-refractivity contribution in [2.24, 2.45) is 0 Å². The number of imidazole rings is 1. The molecule has 0 atom stereocenters. The van der Waals surface area contributed by atoms with Gasteiger partial charge >= 0.3 is 0 Å². The zero-order chi connectivity index (χ0) is 23.5. The number of unbranched alkanes of at least 4 members (excludes halogenated alkanes) is 3. The molecule has 6 nitrogen and oxygen atoms in total. The quantitative estimate of drug-likeness (QED) is 0.199. The van der Waals surface area contributed by atoms with Crippen molar-refractivity contribution in [1.82, 2.24) is 14.6 Å². The second kappa shape index (κ2) is 10.1. The number of hydrogen-bond acceptors (Lipinski definition) is 6. The van der Waals surface area contributed by atoms with Gasteiger partial charge in [0.25, 0.3) is 5.19 Å². The molecule has 0 aliphatic carbocycles. The Bertz CT molecular complexity index is 1370. The predicted molar refractivity (Wildman–Crippen MR) is 139 cm³/mol. The van der Waals surface area contributed by atoms with E-state index in [0.29, 0.717) is 4.96 Å². The van der Waals surface area contributed by atoms with Crippen LogP contribution in [0.4, 0.5) is 5.69 Å². The van der Waals surface area contributed by atoms with Crippen molar-refractivity contribution < 1.29 is 9.52 Å². The summed E-state index contributed by atoms with van der Waals surface area (Å²) >= 11 is 7.08. The Kier molecular flexibility index (Phi) is 6.74. The third-order valence-electron chi connectivity index (χ3n) is 6.02. The maximum Gasteiger partial charge on any atom is 0.291 e. The minimum atomic E-state index is 0.00860. The third-order valence-corrected chi connectivity index (χ3v) is 7.00. The summed E-state index contributed by atoms with van der Waals surface area (Å²) < 4.78 is 7.78. The van der Waals surface area contributed by atoms with Crippen LogP contribution in [0, 0.1) is 0 Å². The molecule has 0 aliphatic heterocycles. The Labute approximate surface area is 207 Å². The molecule has 2 aromatic carbocycles. The highest BCUT2D eigenvalue weighted by molar-refractivity contribution is 7.18. The van der Waals surface area contributed by atoms with Crippen LogP contribution < -0.4 is 5.32 Å². The van der Waals surface area contributed by atoms with Gasteiger partial charge in [0.05, 0.1) is 6.20 Å². The van der Waals surface area contributed by atoms with Crippen molar-refractivity contribution in [2.45, 2.75) is 45.4 Å². The van der Waals surface area contributed by atoms with Gasteiger partial charge in [0.2, 0.25) is 4.96 Å². The molecule has 3 heterocycles. The van der Waals surface area contributed by atoms with Gasteiger partial charge in [0.1, 0.15) is 11.3 Å². The highest BCUT2D eigenvalue weighted by Gasteiger charge is 2.15. The van der Waals surface area contributed by atoms with E-state index in [9.17, 15) is 5.11 Å². The summed E-state index contributed by atoms with van der Waals surface area (Å²) in [7, 11) is 0. The Morgan fingerprint density at radius 3 is 2.71 bits per heavy atom. The van der Waals surface area contributed by atoms with Gasteiger partial charge in [-0.2, -0.15) is 0 Å². The van der Waals surface area contributed by atoms with Crippen LogP contribution in [0.5, 0.6) is 5.19 Å². The number of aryl methyl sites for hydroxylation is 2. The number of nitrogens with one attached hydrogen (secondary N) is 1. The summed E-state index contributed by atoms with van der Waals surface area (Å²) in [5.74, 6) is 0.731. The van der Waals surface area contributed by atoms with Gasteiger partial charge in [-0.25, -0.2) is 9.50 Å². The second-order valence-electron chi connectivity index (χ2n) is 8.47. The molecule has 5 rings (SSSR count). The monoisotopic (exact) mass is 494 g/mol. The standard InChI is InChI=1S/C26H27ClN4O2S/c1-2-17-13-18(7-5-3-4-6-12-28-20-10-8-19(27)9-11-20)21-15-24(33-23(21)14-17)22-16-31-25(29-22)34-26(32)30-31/h8-11,13-16,28H,2-7,12H2,1H3,(H,30,32). The van der Waals surface area contributed by atoms with Crippen molar-refractivity contribution in [3.8, 4) is 16.6 Å². The Morgan fingerprint density at radius 1 is 1.09 bits per heavy atom. The minimum Gasteiger partial charge on any atom is -0.485 e. The van der Waals surface area contributed by atoms with Gasteiger partial charge in [-0.05, 0) is 84.5 Å². The first-order valence-electron chi connectivity index (χ1n) is 11.7. The number of hydrogen-bond donors (Lipinski definition) is 2. The molecule has 0 saturated carbocycles. The number of fused-ring (bicyclic) bond motifs is 2. The summed E-state index contributed by atoms with van der Waals surface area (Å²) in [5.41, 5.74) is 5.37. The average molecular weight is 495 g/mol. The first-order chi connectivity index (χ1) is 16.6. The Morgan fingerprint density at radius 2 is 1.91 bits per heavy atom. The highest BCUT2D eigenvalue weighted by atomic mass is 35.5. The number of furan rings is 1. The number of benzene rings is 2. The van der Waals surface area contributed by atoms with Crippen molar-refractivity contribution in [2.75, 3.05) is 11.9 Å². The van der Waals surface area contributed by atoms with E-state index in [2.05, 4.69) is 40.5 Å². The highest BCUT2D eigenvalue weighted by Crippen LogP contribution is 2.33. The van der Waals surface area contributed by atoms with Crippen LogP contribution in [0.2, 0.25) is 5.02 Å². The molecule has 0 spiro atoms. The summed E-state index contributed by atoms with van der Waals surface area (Å²) in [6.07, 6.45) is 8.47. The van der Waals surface area contributed by atoms with E-state index in [-0.39, 0.29) is 5.19 Å². The maximum atomic E-state index is 9.54. The number of rotatable bonds is 10. The first-order valence-corrected chi connectivity index (χ1v) is 12.9. The average Bonchev–Trinajstić information content (AvgIpc) is 3.52. The molecule has 176 valence electrons. The van der Waals surface area contributed by atoms with E-state index >= 15 is 0 Å². The molecule has 0 amide bonds. The maximum absolute atomic E-state index is 9.54. The smallest absolute Gasteiger partial charge is 0.291 e. The van der Waals surface area contributed by atoms with Gasteiger partial charge in [0, 0.05) is 22.6 Å². The van der Waals surface area contributed by atoms with Crippen LogP contribution in [0.25, 0.3) is 27.4 Å². The zero-order valence-corrected chi connectivity index (χ0v) is 20.6. The Balaban J connectivity index is 1.20.